The van der Waals surface area contributed by atoms with E-state index in [0.29, 0.717) is 0 Å². The van der Waals surface area contributed by atoms with Crippen molar-refractivity contribution in [2.75, 3.05) is 13.1 Å². The molecular formula is C7H11N3O2. The lowest BCUT2D eigenvalue weighted by molar-refractivity contribution is -0.121. The summed E-state index contributed by atoms with van der Waals surface area (Å²) in [5, 5.41) is 2.40. The van der Waals surface area contributed by atoms with Gasteiger partial charge >= 0.3 is 0 Å². The van der Waals surface area contributed by atoms with Gasteiger partial charge in [0.05, 0.1) is 6.54 Å². The predicted molar refractivity (Wildman–Crippen MR) is 42.1 cm³/mol. The topological polar surface area (TPSA) is 75.4 Å². The number of hydrogen-bond donors (Lipinski definition) is 2. The molecule has 0 saturated heterocycles. The first kappa shape index (κ1) is 10.9. The zero-order valence-corrected chi connectivity index (χ0v) is 6.62. The average molecular weight is 169 g/mol. The Morgan fingerprint density at radius 3 is 2.42 bits per heavy atom. The highest BCUT2D eigenvalue weighted by molar-refractivity contribution is 5.79. The molecule has 66 valence electrons. The molecule has 0 aromatic heterocycles. The van der Waals surface area contributed by atoms with Crippen LogP contribution >= 0.6 is 0 Å². The smallest absolute Gasteiger partial charge is 0.234 e. The zero-order valence-electron chi connectivity index (χ0n) is 6.62. The average Bonchev–Trinajstić information content (AvgIpc) is 1.84. The lowest BCUT2D eigenvalue weighted by Crippen LogP contribution is -2.33. The normalized spacial score (nSPS) is 9.92. The van der Waals surface area contributed by atoms with Crippen molar-refractivity contribution >= 4 is 11.8 Å². The van der Waals surface area contributed by atoms with Crippen molar-refractivity contribution in [3.05, 3.63) is 14.1 Å². The molecule has 3 N–H and O–H groups in total. The molecule has 0 saturated carbocycles. The van der Waals surface area contributed by atoms with Crippen molar-refractivity contribution in [3.63, 3.8) is 0 Å². The van der Waals surface area contributed by atoms with Crippen LogP contribution in [0.15, 0.2) is 0 Å². The molecule has 12 heavy (non-hydrogen) atoms. The summed E-state index contributed by atoms with van der Waals surface area (Å²) in [4.78, 5) is 21.7. The maximum atomic E-state index is 10.8. The van der Waals surface area contributed by atoms with Crippen molar-refractivity contribution in [3.8, 4) is 0 Å². The third-order valence-corrected chi connectivity index (χ3v) is 1.02. The maximum Gasteiger partial charge on any atom is 0.234 e. The summed E-state index contributed by atoms with van der Waals surface area (Å²) in [6.45, 7) is 0.0980. The van der Waals surface area contributed by atoms with Gasteiger partial charge in [-0.25, -0.2) is 0 Å². The summed E-state index contributed by atoms with van der Waals surface area (Å²) in [5.41, 5.74) is 4.83. The van der Waals surface area contributed by atoms with Gasteiger partial charge in [-0.15, -0.1) is 0 Å². The summed E-state index contributed by atoms with van der Waals surface area (Å²) in [6, 6.07) is 0. The second-order valence-corrected chi connectivity index (χ2v) is 2.24. The van der Waals surface area contributed by atoms with E-state index in [9.17, 15) is 9.59 Å². The first-order valence-corrected chi connectivity index (χ1v) is 3.34. The maximum absolute atomic E-state index is 10.8. The Morgan fingerprint density at radius 1 is 1.42 bits per heavy atom. The third-order valence-electron chi connectivity index (χ3n) is 1.02. The summed E-state index contributed by atoms with van der Waals surface area (Å²) in [7, 11) is 9.97. The van der Waals surface area contributed by atoms with Gasteiger partial charge in [-0.05, 0) is 0 Å². The molecule has 0 spiro atoms. The zero-order chi connectivity index (χ0) is 9.56. The molecule has 0 aromatic rings. The molecule has 0 heterocycles. The highest BCUT2D eigenvalue weighted by Gasteiger charge is 2.02. The van der Waals surface area contributed by atoms with Crippen LogP contribution in [0.3, 0.4) is 0 Å². The number of hydrogen-bond acceptors (Lipinski definition) is 3. The predicted octanol–water partition coefficient (Wildman–Crippen LogP) is -1.38. The lowest BCUT2D eigenvalue weighted by Gasteiger charge is -2.07. The van der Waals surface area contributed by atoms with Crippen LogP contribution in [0, 0.1) is 14.1 Å². The van der Waals surface area contributed by atoms with E-state index in [4.69, 9.17) is 19.8 Å². The van der Waals surface area contributed by atoms with Gasteiger partial charge in [-0.3, -0.25) is 14.5 Å². The van der Waals surface area contributed by atoms with E-state index in [1.54, 1.807) is 0 Å². The number of primary amides is 1. The number of carbonyl (C=O) groups is 2. The fraction of sp³-hybridized carbons (Fsp3) is 0.429. The molecule has 5 nitrogen and oxygen atoms in total. The van der Waals surface area contributed by atoms with Crippen LogP contribution in [0.5, 0.6) is 0 Å². The molecule has 0 atom stereocenters. The molecule has 0 aromatic carbocycles. The van der Waals surface area contributed by atoms with E-state index in [0.717, 1.165) is 4.90 Å². The quantitative estimate of drug-likeness (QED) is 0.498. The highest BCUT2D eigenvalue weighted by Crippen LogP contribution is 1.79. The fourth-order valence-electron chi connectivity index (χ4n) is 0.547. The van der Waals surface area contributed by atoms with Gasteiger partial charge in [0.1, 0.15) is 0 Å². The van der Waals surface area contributed by atoms with Crippen molar-refractivity contribution in [2.45, 2.75) is 6.42 Å². The van der Waals surface area contributed by atoms with E-state index in [2.05, 4.69) is 5.32 Å². The molecule has 5 heteroatoms. The first-order valence-electron chi connectivity index (χ1n) is 3.34. The Balaban J connectivity index is 3.38. The minimum atomic E-state index is -0.465. The summed E-state index contributed by atoms with van der Waals surface area (Å²) >= 11 is 0. The van der Waals surface area contributed by atoms with E-state index >= 15 is 0 Å². The van der Waals surface area contributed by atoms with Gasteiger partial charge in [-0.1, -0.05) is 0 Å². The van der Waals surface area contributed by atoms with Crippen LogP contribution in [0.1, 0.15) is 6.42 Å². The molecular weight excluding hydrogens is 158 g/mol. The fourth-order valence-corrected chi connectivity index (χ4v) is 0.547. The van der Waals surface area contributed by atoms with Crippen LogP contribution < -0.4 is 11.1 Å². The SMILES string of the molecule is [CH]N([CH])CC(=O)NCCC(N)=O. The minimum Gasteiger partial charge on any atom is -0.370 e. The Labute approximate surface area is 71.9 Å². The van der Waals surface area contributed by atoms with Crippen molar-refractivity contribution in [1.82, 2.24) is 10.2 Å². The monoisotopic (exact) mass is 169 g/mol. The molecule has 0 fully saturated rings. The standard InChI is InChI=1S/C7H11N3O2/c1-10(2)5-7(12)9-4-3-6(8)11/h1-2H,3-5H2,(H2,8,11)(H,9,12). The summed E-state index contributed by atoms with van der Waals surface area (Å²) < 4.78 is 0. The second-order valence-electron chi connectivity index (χ2n) is 2.24. The lowest BCUT2D eigenvalue weighted by atomic mass is 10.4. The third kappa shape index (κ3) is 7.01. The number of rotatable bonds is 5. The number of nitrogens with two attached hydrogens (primary N) is 1. The van der Waals surface area contributed by atoms with Crippen LogP contribution in [0.2, 0.25) is 0 Å². The van der Waals surface area contributed by atoms with E-state index in [1.807, 2.05) is 0 Å². The number of carbonyl (C=O) groups excluding carboxylic acids is 2. The van der Waals surface area contributed by atoms with Crippen LogP contribution in [0.25, 0.3) is 0 Å². The van der Waals surface area contributed by atoms with Gasteiger partial charge in [0.15, 0.2) is 0 Å². The number of amides is 2. The van der Waals surface area contributed by atoms with Gasteiger partial charge in [0, 0.05) is 27.1 Å². The molecule has 0 aliphatic carbocycles. The molecule has 0 aliphatic rings. The van der Waals surface area contributed by atoms with Gasteiger partial charge < -0.3 is 11.1 Å². The van der Waals surface area contributed by atoms with E-state index in [1.165, 1.54) is 0 Å². The van der Waals surface area contributed by atoms with Gasteiger partial charge in [0.2, 0.25) is 11.8 Å². The van der Waals surface area contributed by atoms with Gasteiger partial charge in [0.25, 0.3) is 0 Å². The highest BCUT2D eigenvalue weighted by atomic mass is 16.2. The Hall–Kier alpha value is -1.10. The largest absolute Gasteiger partial charge is 0.370 e. The number of nitrogens with zero attached hydrogens (tertiary/aromatic N) is 1. The van der Waals surface area contributed by atoms with Crippen LogP contribution in [-0.4, -0.2) is 29.8 Å². The number of nitrogens with one attached hydrogen (secondary N) is 1. The van der Waals surface area contributed by atoms with Crippen LogP contribution in [0.4, 0.5) is 0 Å². The molecule has 0 rings (SSSR count). The van der Waals surface area contributed by atoms with E-state index < -0.39 is 5.91 Å². The molecule has 0 bridgehead atoms. The molecule has 2 amide bonds. The van der Waals surface area contributed by atoms with Crippen molar-refractivity contribution in [2.24, 2.45) is 5.73 Å². The summed E-state index contributed by atoms with van der Waals surface area (Å²) in [5.74, 6) is -0.811. The van der Waals surface area contributed by atoms with Gasteiger partial charge in [-0.2, -0.15) is 0 Å². The molecule has 0 unspecified atom stereocenters. The first-order chi connectivity index (χ1) is 5.52. The Kier molecular flexibility index (Phi) is 5.03. The van der Waals surface area contributed by atoms with Crippen LogP contribution in [-0.2, 0) is 9.59 Å². The summed E-state index contributed by atoms with van der Waals surface area (Å²) in [6.07, 6.45) is 0.112. The minimum absolute atomic E-state index is 0.112. The van der Waals surface area contributed by atoms with Crippen molar-refractivity contribution in [1.29, 1.82) is 0 Å². The molecule has 4 radical (unpaired) electrons. The Bertz CT molecular complexity index is 168. The molecule has 0 aliphatic heterocycles. The second kappa shape index (κ2) is 5.54. The Morgan fingerprint density at radius 2 is 2.00 bits per heavy atom. The van der Waals surface area contributed by atoms with Crippen molar-refractivity contribution < 1.29 is 9.59 Å². The van der Waals surface area contributed by atoms with E-state index in [-0.39, 0.29) is 25.4 Å².